The minimum atomic E-state index is -4.38. The van der Waals surface area contributed by atoms with Gasteiger partial charge in [0.2, 0.25) is 6.10 Å². The van der Waals surface area contributed by atoms with Gasteiger partial charge >= 0.3 is 19.8 Å². The third kappa shape index (κ3) is 6.29. The van der Waals surface area contributed by atoms with Crippen molar-refractivity contribution in [2.75, 3.05) is 0 Å². The molecule has 0 amide bonds. The molecule has 2 aromatic rings. The van der Waals surface area contributed by atoms with Crippen molar-refractivity contribution in [1.29, 1.82) is 0 Å². The van der Waals surface area contributed by atoms with Crippen molar-refractivity contribution in [3.63, 3.8) is 0 Å². The Hall–Kier alpha value is -2.67. The van der Waals surface area contributed by atoms with Crippen molar-refractivity contribution in [1.82, 2.24) is 0 Å². The maximum atomic E-state index is 13.8. The molecule has 1 spiro atoms. The van der Waals surface area contributed by atoms with Gasteiger partial charge in [0.1, 0.15) is 30.5 Å². The zero-order chi connectivity index (χ0) is 30.2. The van der Waals surface area contributed by atoms with Crippen LogP contribution < -0.4 is 0 Å². The molecule has 0 aromatic heterocycles. The molecule has 2 aliphatic heterocycles. The molecular weight excluding hydrogens is 583 g/mol. The van der Waals surface area contributed by atoms with Gasteiger partial charge in [-0.25, -0.2) is 9.36 Å². The minimum absolute atomic E-state index is 0.0966. The summed E-state index contributed by atoms with van der Waals surface area (Å²) in [4.78, 5) is 25.6. The number of aliphatic hydroxyl groups excluding tert-OH is 2. The van der Waals surface area contributed by atoms with Gasteiger partial charge in [0.05, 0.1) is 13.2 Å². The van der Waals surface area contributed by atoms with E-state index in [9.17, 15) is 24.4 Å². The largest absolute Gasteiger partial charge is 0.475 e. The standard InChI is InChI=1S/C30H35O12P/c1-18(31)38-24(19-10-4-2-5-11-19)29(34)39-27-26(42-43(35)36-16-20-12-6-7-13-21(20)17-37-43)23(33)22(32)25-28(27)41-30(40-25)14-8-3-9-15-30/h2,4-7,10-13,22-28,32-33H,3,8-9,14-17H2,1H3/t22-,23-,24-,25-,26+,27-,28-/m0/s1. The minimum Gasteiger partial charge on any atom is -0.454 e. The maximum absolute atomic E-state index is 13.8. The second-order valence-corrected chi connectivity index (χ2v) is 12.9. The topological polar surface area (TPSA) is 156 Å². The molecule has 3 fully saturated rings. The number of esters is 2. The highest BCUT2D eigenvalue weighted by atomic mass is 31.2. The molecule has 232 valence electrons. The predicted octanol–water partition coefficient (Wildman–Crippen LogP) is 3.62. The summed E-state index contributed by atoms with van der Waals surface area (Å²) in [6, 6.07) is 15.5. The van der Waals surface area contributed by atoms with Gasteiger partial charge in [-0.15, -0.1) is 0 Å². The number of ether oxygens (including phenoxy) is 4. The first-order chi connectivity index (χ1) is 20.7. The number of fused-ring (bicyclic) bond motifs is 2. The SMILES string of the molecule is CC(=O)O[C@H](C(=O)O[C@@H]1[C@H]2OC3(CCCCC3)O[C@H]2[C@@H](O)[C@H](O)[C@H]1OP1(=O)OCc2ccccc2CO1)c1ccccc1. The van der Waals surface area contributed by atoms with Crippen LogP contribution in [0.15, 0.2) is 54.6 Å². The normalized spacial score (nSPS) is 31.7. The molecule has 12 nitrogen and oxygen atoms in total. The fourth-order valence-corrected chi connectivity index (χ4v) is 7.49. The summed E-state index contributed by atoms with van der Waals surface area (Å²) in [5.74, 6) is -2.76. The van der Waals surface area contributed by atoms with Crippen LogP contribution in [0.2, 0.25) is 0 Å². The van der Waals surface area contributed by atoms with Crippen LogP contribution in [-0.4, -0.2) is 64.6 Å². The number of hydrogen-bond donors (Lipinski definition) is 2. The van der Waals surface area contributed by atoms with E-state index in [4.69, 9.17) is 32.5 Å². The van der Waals surface area contributed by atoms with Gasteiger partial charge in [0.25, 0.3) is 0 Å². The number of carbonyl (C=O) groups excluding carboxylic acids is 2. The lowest BCUT2D eigenvalue weighted by Gasteiger charge is -2.43. The van der Waals surface area contributed by atoms with Gasteiger partial charge in [-0.1, -0.05) is 61.0 Å². The lowest BCUT2D eigenvalue weighted by Crippen LogP contribution is -2.64. The number of aliphatic hydroxyl groups is 2. The second-order valence-electron chi connectivity index (χ2n) is 11.3. The van der Waals surface area contributed by atoms with Crippen molar-refractivity contribution in [3.8, 4) is 0 Å². The molecule has 43 heavy (non-hydrogen) atoms. The highest BCUT2D eigenvalue weighted by Gasteiger charge is 2.63. The van der Waals surface area contributed by atoms with E-state index in [0.717, 1.165) is 37.3 Å². The van der Waals surface area contributed by atoms with Crippen LogP contribution >= 0.6 is 7.82 Å². The quantitative estimate of drug-likeness (QED) is 0.359. The lowest BCUT2D eigenvalue weighted by molar-refractivity contribution is -0.216. The third-order valence-corrected chi connectivity index (χ3v) is 9.68. The summed E-state index contributed by atoms with van der Waals surface area (Å²) in [6.07, 6.45) is -6.31. The fourth-order valence-electron chi connectivity index (χ4n) is 6.15. The monoisotopic (exact) mass is 618 g/mol. The molecule has 0 bridgehead atoms. The van der Waals surface area contributed by atoms with Gasteiger partial charge in [-0.3, -0.25) is 18.4 Å². The molecule has 2 aliphatic carbocycles. The first-order valence-electron chi connectivity index (χ1n) is 14.5. The highest BCUT2D eigenvalue weighted by molar-refractivity contribution is 7.48. The van der Waals surface area contributed by atoms with Crippen molar-refractivity contribution >= 4 is 19.8 Å². The summed E-state index contributed by atoms with van der Waals surface area (Å²) >= 11 is 0. The highest BCUT2D eigenvalue weighted by Crippen LogP contribution is 2.56. The Kier molecular flexibility index (Phi) is 8.74. The smallest absolute Gasteiger partial charge is 0.454 e. The summed E-state index contributed by atoms with van der Waals surface area (Å²) in [6.45, 7) is 0.970. The van der Waals surface area contributed by atoms with Crippen molar-refractivity contribution < 1.29 is 56.9 Å². The zero-order valence-electron chi connectivity index (χ0n) is 23.6. The molecule has 2 saturated carbocycles. The predicted molar refractivity (Wildman–Crippen MR) is 147 cm³/mol. The first kappa shape index (κ1) is 30.4. The van der Waals surface area contributed by atoms with E-state index < -0.39 is 68.3 Å². The van der Waals surface area contributed by atoms with E-state index >= 15 is 0 Å². The van der Waals surface area contributed by atoms with Gasteiger partial charge in [-0.2, -0.15) is 0 Å². The van der Waals surface area contributed by atoms with Crippen molar-refractivity contribution in [3.05, 3.63) is 71.3 Å². The number of hydrogen-bond acceptors (Lipinski definition) is 12. The fraction of sp³-hybridized carbons (Fsp3) is 0.533. The molecular formula is C30H35O12P. The number of carbonyl (C=O) groups is 2. The third-order valence-electron chi connectivity index (χ3n) is 8.29. The Morgan fingerprint density at radius 2 is 1.47 bits per heavy atom. The van der Waals surface area contributed by atoms with E-state index in [1.807, 2.05) is 0 Å². The molecule has 0 unspecified atom stereocenters. The molecule has 6 rings (SSSR count). The van der Waals surface area contributed by atoms with Crippen LogP contribution in [0.5, 0.6) is 0 Å². The van der Waals surface area contributed by atoms with Crippen LogP contribution in [0.4, 0.5) is 0 Å². The number of benzene rings is 2. The summed E-state index contributed by atoms with van der Waals surface area (Å²) in [7, 11) is -4.38. The molecule has 2 aromatic carbocycles. The van der Waals surface area contributed by atoms with E-state index in [1.54, 1.807) is 54.6 Å². The van der Waals surface area contributed by atoms with Gasteiger partial charge in [-0.05, 0) is 24.0 Å². The molecule has 4 aliphatic rings. The Morgan fingerprint density at radius 3 is 2.09 bits per heavy atom. The average Bonchev–Trinajstić information content (AvgIpc) is 3.28. The number of rotatable bonds is 6. The van der Waals surface area contributed by atoms with Crippen molar-refractivity contribution in [2.45, 2.75) is 101 Å². The molecule has 1 saturated heterocycles. The van der Waals surface area contributed by atoms with Gasteiger partial charge in [0, 0.05) is 25.3 Å². The van der Waals surface area contributed by atoms with Crippen molar-refractivity contribution in [2.24, 2.45) is 0 Å². The molecule has 7 atom stereocenters. The summed E-state index contributed by atoms with van der Waals surface area (Å²) in [5.41, 5.74) is 1.84. The molecule has 13 heteroatoms. The summed E-state index contributed by atoms with van der Waals surface area (Å²) in [5, 5.41) is 22.5. The van der Waals surface area contributed by atoms with Crippen LogP contribution in [0, 0.1) is 0 Å². The number of phosphoric acid groups is 1. The van der Waals surface area contributed by atoms with Crippen LogP contribution in [0.25, 0.3) is 0 Å². The van der Waals surface area contributed by atoms with Crippen LogP contribution in [-0.2, 0) is 59.9 Å². The maximum Gasteiger partial charge on any atom is 0.475 e. The summed E-state index contributed by atoms with van der Waals surface area (Å²) < 4.78 is 54.7. The Bertz CT molecular complexity index is 1330. The number of phosphoric ester groups is 1. The Balaban J connectivity index is 1.31. The van der Waals surface area contributed by atoms with Gasteiger partial charge in [0.15, 0.2) is 11.9 Å². The van der Waals surface area contributed by atoms with E-state index in [1.165, 1.54) is 0 Å². The molecule has 2 N–H and O–H groups in total. The first-order valence-corrected chi connectivity index (χ1v) is 15.9. The molecule has 2 heterocycles. The average molecular weight is 619 g/mol. The zero-order valence-corrected chi connectivity index (χ0v) is 24.5. The van der Waals surface area contributed by atoms with E-state index in [0.29, 0.717) is 18.4 Å². The van der Waals surface area contributed by atoms with Crippen LogP contribution in [0.3, 0.4) is 0 Å². The second kappa shape index (κ2) is 12.4. The van der Waals surface area contributed by atoms with E-state index in [-0.39, 0.29) is 13.2 Å². The van der Waals surface area contributed by atoms with E-state index in [2.05, 4.69) is 0 Å². The van der Waals surface area contributed by atoms with Crippen LogP contribution in [0.1, 0.15) is 61.8 Å². The molecule has 0 radical (unpaired) electrons. The Labute approximate surface area is 248 Å². The Morgan fingerprint density at radius 1 is 0.860 bits per heavy atom. The van der Waals surface area contributed by atoms with Gasteiger partial charge < -0.3 is 29.2 Å². The lowest BCUT2D eigenvalue weighted by atomic mass is 9.85.